The number of piperidine rings is 1. The summed E-state index contributed by atoms with van der Waals surface area (Å²) in [6, 6.07) is 6.83. The van der Waals surface area contributed by atoms with Gasteiger partial charge in [0.05, 0.1) is 11.1 Å². The van der Waals surface area contributed by atoms with Gasteiger partial charge in [-0.05, 0) is 47.7 Å². The summed E-state index contributed by atoms with van der Waals surface area (Å²) < 4.78 is 42.4. The van der Waals surface area contributed by atoms with Crippen LogP contribution < -0.4 is 10.6 Å². The van der Waals surface area contributed by atoms with Crippen molar-refractivity contribution < 1.29 is 33.3 Å². The first kappa shape index (κ1) is 23.9. The zero-order valence-electron chi connectivity index (χ0n) is 17.3. The summed E-state index contributed by atoms with van der Waals surface area (Å²) in [5.41, 5.74) is 1.28. The van der Waals surface area contributed by atoms with E-state index in [2.05, 4.69) is 10.6 Å². The summed E-state index contributed by atoms with van der Waals surface area (Å²) in [7, 11) is 0. The van der Waals surface area contributed by atoms with E-state index in [1.54, 1.807) is 23.1 Å². The number of nitrogens with zero attached hydrogens (tertiary/aromatic N) is 1. The fourth-order valence-corrected chi connectivity index (χ4v) is 4.38. The smallest absolute Gasteiger partial charge is 0.311 e. The van der Waals surface area contributed by atoms with Gasteiger partial charge in [-0.3, -0.25) is 15.0 Å². The Balaban J connectivity index is 1.42. The van der Waals surface area contributed by atoms with Gasteiger partial charge >= 0.3 is 5.92 Å². The van der Waals surface area contributed by atoms with Gasteiger partial charge < -0.3 is 20.6 Å². The molecule has 11 heteroatoms. The molecule has 4 rings (SSSR count). The van der Waals surface area contributed by atoms with Crippen LogP contribution in [0.1, 0.15) is 41.3 Å². The Morgan fingerprint density at radius 2 is 1.97 bits per heavy atom. The first-order valence-corrected chi connectivity index (χ1v) is 10.7. The number of fused-ring (bicyclic) bond motifs is 1. The third-order valence-electron chi connectivity index (χ3n) is 6.03. The number of hydrogen-bond donors (Lipinski definition) is 5. The normalized spacial score (nSPS) is 24.5. The number of rotatable bonds is 6. The molecule has 2 aromatic rings. The molecule has 1 amide bonds. The van der Waals surface area contributed by atoms with Crippen LogP contribution in [0, 0.1) is 5.82 Å². The monoisotopic (exact) mass is 485 g/mol. The van der Waals surface area contributed by atoms with E-state index in [0.717, 1.165) is 23.8 Å². The molecule has 7 nitrogen and oxygen atoms in total. The van der Waals surface area contributed by atoms with Crippen LogP contribution >= 0.6 is 11.6 Å². The average Bonchev–Trinajstić information content (AvgIpc) is 3.09. The number of benzene rings is 2. The Kier molecular flexibility index (Phi) is 6.68. The Morgan fingerprint density at radius 1 is 1.21 bits per heavy atom. The van der Waals surface area contributed by atoms with E-state index in [4.69, 9.17) is 11.6 Å². The van der Waals surface area contributed by atoms with Gasteiger partial charge in [0.1, 0.15) is 18.3 Å². The van der Waals surface area contributed by atoms with Crippen LogP contribution in [-0.4, -0.2) is 44.6 Å². The van der Waals surface area contributed by atoms with Gasteiger partial charge in [-0.25, -0.2) is 4.39 Å². The van der Waals surface area contributed by atoms with Gasteiger partial charge in [0.2, 0.25) is 5.91 Å². The Hall–Kier alpha value is -2.21. The zero-order valence-corrected chi connectivity index (χ0v) is 18.1. The summed E-state index contributed by atoms with van der Waals surface area (Å²) >= 11 is 5.58. The third kappa shape index (κ3) is 4.72. The van der Waals surface area contributed by atoms with Crippen molar-refractivity contribution in [3.8, 4) is 0 Å². The van der Waals surface area contributed by atoms with Crippen LogP contribution in [0.2, 0.25) is 5.02 Å². The minimum absolute atomic E-state index is 0.106. The highest BCUT2D eigenvalue weighted by molar-refractivity contribution is 6.30. The molecule has 2 aromatic carbocycles. The lowest BCUT2D eigenvalue weighted by molar-refractivity contribution is -0.139. The standard InChI is InChI=1S/C22H23ClF3N3O4/c23-15-8-13(2-4-16(15)24)22(25,26)21(33)27-9-11-1-3-14-12(7-11)10-29(20(14)32)17-5-6-18(30)28-19(17)31/h1-4,7-8,17-18,20-21,27,30,32-33H,5-6,9-10H2,(H,28,31)/t17?,18-,20-,21-/m0/s1. The van der Waals surface area contributed by atoms with Crippen molar-refractivity contribution >= 4 is 17.5 Å². The van der Waals surface area contributed by atoms with Crippen molar-refractivity contribution in [3.05, 3.63) is 69.5 Å². The van der Waals surface area contributed by atoms with E-state index in [1.807, 2.05) is 0 Å². The molecule has 1 saturated heterocycles. The molecule has 0 aromatic heterocycles. The van der Waals surface area contributed by atoms with Gasteiger partial charge in [0, 0.05) is 18.7 Å². The number of hydrogen-bond acceptors (Lipinski definition) is 6. The van der Waals surface area contributed by atoms with Crippen LogP contribution in [-0.2, 0) is 23.8 Å². The fourth-order valence-electron chi connectivity index (χ4n) is 4.20. The predicted molar refractivity (Wildman–Crippen MR) is 112 cm³/mol. The summed E-state index contributed by atoms with van der Waals surface area (Å²) in [6.07, 6.45) is -3.40. The molecular formula is C22H23ClF3N3O4. The second kappa shape index (κ2) is 9.21. The molecule has 4 atom stereocenters. The number of aliphatic hydroxyl groups is 3. The summed E-state index contributed by atoms with van der Waals surface area (Å²) in [6.45, 7) is 0.163. The van der Waals surface area contributed by atoms with E-state index in [9.17, 15) is 33.3 Å². The molecule has 1 unspecified atom stereocenters. The topological polar surface area (TPSA) is 105 Å². The summed E-state index contributed by atoms with van der Waals surface area (Å²) in [5, 5.41) is 34.6. The van der Waals surface area contributed by atoms with Gasteiger partial charge in [0.15, 0.2) is 6.23 Å². The molecule has 0 aliphatic carbocycles. The first-order valence-electron chi connectivity index (χ1n) is 10.4. The van der Waals surface area contributed by atoms with Crippen LogP contribution in [0.15, 0.2) is 36.4 Å². The van der Waals surface area contributed by atoms with Gasteiger partial charge in [-0.2, -0.15) is 8.78 Å². The molecule has 178 valence electrons. The predicted octanol–water partition coefficient (Wildman–Crippen LogP) is 2.08. The lowest BCUT2D eigenvalue weighted by atomic mass is 10.0. The Bertz CT molecular complexity index is 1060. The number of aliphatic hydroxyl groups excluding tert-OH is 3. The van der Waals surface area contributed by atoms with Crippen LogP contribution in [0.4, 0.5) is 13.2 Å². The molecule has 0 radical (unpaired) electrons. The Labute approximate surface area is 192 Å². The Morgan fingerprint density at radius 3 is 2.67 bits per heavy atom. The van der Waals surface area contributed by atoms with E-state index in [1.165, 1.54) is 0 Å². The molecule has 0 saturated carbocycles. The van der Waals surface area contributed by atoms with Gasteiger partial charge in [0.25, 0.3) is 0 Å². The number of halogens is 4. The van der Waals surface area contributed by atoms with Crippen molar-refractivity contribution in [3.63, 3.8) is 0 Å². The van der Waals surface area contributed by atoms with Gasteiger partial charge in [-0.15, -0.1) is 0 Å². The minimum Gasteiger partial charge on any atom is -0.374 e. The van der Waals surface area contributed by atoms with Crippen LogP contribution in [0.3, 0.4) is 0 Å². The number of carbonyl (C=O) groups excluding carboxylic acids is 1. The van der Waals surface area contributed by atoms with E-state index >= 15 is 0 Å². The number of carbonyl (C=O) groups is 1. The summed E-state index contributed by atoms with van der Waals surface area (Å²) in [5.74, 6) is -4.93. The first-order chi connectivity index (χ1) is 15.6. The van der Waals surface area contributed by atoms with Crippen molar-refractivity contribution in [2.45, 2.75) is 56.6 Å². The van der Waals surface area contributed by atoms with Crippen molar-refractivity contribution in [2.75, 3.05) is 0 Å². The highest BCUT2D eigenvalue weighted by Crippen LogP contribution is 2.36. The molecule has 2 aliphatic rings. The highest BCUT2D eigenvalue weighted by atomic mass is 35.5. The molecule has 1 fully saturated rings. The molecule has 2 heterocycles. The lowest BCUT2D eigenvalue weighted by Crippen LogP contribution is -2.53. The molecule has 33 heavy (non-hydrogen) atoms. The van der Waals surface area contributed by atoms with Crippen LogP contribution in [0.25, 0.3) is 0 Å². The molecule has 5 N–H and O–H groups in total. The maximum atomic E-state index is 14.6. The number of amides is 1. The average molecular weight is 486 g/mol. The minimum atomic E-state index is -3.72. The van der Waals surface area contributed by atoms with Crippen LogP contribution in [0.5, 0.6) is 0 Å². The summed E-state index contributed by atoms with van der Waals surface area (Å²) in [4.78, 5) is 13.8. The fraction of sp³-hybridized carbons (Fsp3) is 0.409. The molecule has 0 bridgehead atoms. The largest absolute Gasteiger partial charge is 0.374 e. The van der Waals surface area contributed by atoms with E-state index < -0.39 is 47.1 Å². The molecule has 2 aliphatic heterocycles. The maximum absolute atomic E-state index is 14.6. The van der Waals surface area contributed by atoms with Crippen molar-refractivity contribution in [1.82, 2.24) is 15.5 Å². The zero-order chi connectivity index (χ0) is 23.9. The van der Waals surface area contributed by atoms with Crippen molar-refractivity contribution in [2.24, 2.45) is 0 Å². The molecule has 0 spiro atoms. The van der Waals surface area contributed by atoms with E-state index in [0.29, 0.717) is 24.0 Å². The van der Waals surface area contributed by atoms with Gasteiger partial charge in [-0.1, -0.05) is 29.8 Å². The molecular weight excluding hydrogens is 463 g/mol. The van der Waals surface area contributed by atoms with Crippen molar-refractivity contribution in [1.29, 1.82) is 0 Å². The number of nitrogens with one attached hydrogen (secondary N) is 2. The highest BCUT2D eigenvalue weighted by Gasteiger charge is 2.41. The lowest BCUT2D eigenvalue weighted by Gasteiger charge is -2.34. The second-order valence-corrected chi connectivity index (χ2v) is 8.64. The third-order valence-corrected chi connectivity index (χ3v) is 6.32. The maximum Gasteiger partial charge on any atom is 0.311 e. The van der Waals surface area contributed by atoms with E-state index in [-0.39, 0.29) is 19.0 Å². The quantitative estimate of drug-likeness (QED) is 0.401. The second-order valence-electron chi connectivity index (χ2n) is 8.23. The number of alkyl halides is 2. The SMILES string of the molecule is O=C1N[C@@H](O)CCC1N1Cc2cc(CN[C@@H](O)C(F)(F)c3ccc(F)c(Cl)c3)ccc2[C@@H]1O.